The average Bonchev–Trinajstić information content (AvgIpc) is 2.91. The number of nitrogens with two attached hydrogens (primary N) is 1. The molecule has 0 atom stereocenters. The molecule has 0 saturated carbocycles. The van der Waals surface area contributed by atoms with Crippen molar-refractivity contribution in [1.82, 2.24) is 4.98 Å². The molecule has 0 amide bonds. The van der Waals surface area contributed by atoms with Gasteiger partial charge in [-0.05, 0) is 47.9 Å². The molecule has 0 unspecified atom stereocenters. The van der Waals surface area contributed by atoms with E-state index < -0.39 is 0 Å². The molecule has 5 heteroatoms. The lowest BCUT2D eigenvalue weighted by molar-refractivity contribution is 1.14. The number of aromatic nitrogens is 1. The Kier molecular flexibility index (Phi) is 3.16. The van der Waals surface area contributed by atoms with Crippen molar-refractivity contribution in [2.45, 2.75) is 20.4 Å². The summed E-state index contributed by atoms with van der Waals surface area (Å²) in [6.45, 7) is 4.95. The molecule has 0 saturated heterocycles. The van der Waals surface area contributed by atoms with Crippen LogP contribution in [0.4, 0.5) is 11.4 Å². The number of thiazole rings is 1. The van der Waals surface area contributed by atoms with Gasteiger partial charge in [-0.3, -0.25) is 0 Å². The van der Waals surface area contributed by atoms with E-state index in [4.69, 9.17) is 5.73 Å². The lowest BCUT2D eigenvalue weighted by Gasteiger charge is -2.09. The maximum absolute atomic E-state index is 6.09. The van der Waals surface area contributed by atoms with Gasteiger partial charge in [-0.15, -0.1) is 11.3 Å². The standard InChI is InChI=1S/C14H15N3S2/c1-8-6-18-7-10(8)5-16-12-4-13-14(3-11(12)15)19-9(2)17-13/h3-4,6-7,16H,5,15H2,1-2H3. The zero-order valence-electron chi connectivity index (χ0n) is 10.9. The zero-order valence-corrected chi connectivity index (χ0v) is 12.5. The first-order chi connectivity index (χ1) is 9.13. The van der Waals surface area contributed by atoms with Crippen molar-refractivity contribution < 1.29 is 0 Å². The summed E-state index contributed by atoms with van der Waals surface area (Å²) in [5.41, 5.74) is 11.5. The predicted molar refractivity (Wildman–Crippen MR) is 85.2 cm³/mol. The molecule has 19 heavy (non-hydrogen) atoms. The normalized spacial score (nSPS) is 11.1. The Morgan fingerprint density at radius 1 is 1.26 bits per heavy atom. The van der Waals surface area contributed by atoms with Crippen LogP contribution in [0.1, 0.15) is 16.1 Å². The molecule has 2 heterocycles. The first-order valence-electron chi connectivity index (χ1n) is 6.05. The molecule has 0 bridgehead atoms. The SMILES string of the molecule is Cc1nc2cc(NCc3cscc3C)c(N)cc2s1. The second kappa shape index (κ2) is 4.83. The Morgan fingerprint density at radius 2 is 2.11 bits per heavy atom. The summed E-state index contributed by atoms with van der Waals surface area (Å²) in [7, 11) is 0. The van der Waals surface area contributed by atoms with E-state index in [-0.39, 0.29) is 0 Å². The number of nitrogens with zero attached hydrogens (tertiary/aromatic N) is 1. The lowest BCUT2D eigenvalue weighted by Crippen LogP contribution is -2.02. The minimum absolute atomic E-state index is 0.782. The molecule has 0 radical (unpaired) electrons. The van der Waals surface area contributed by atoms with Crippen molar-refractivity contribution in [3.05, 3.63) is 39.0 Å². The number of hydrogen-bond donors (Lipinski definition) is 2. The zero-order chi connectivity index (χ0) is 13.4. The van der Waals surface area contributed by atoms with E-state index in [2.05, 4.69) is 28.0 Å². The summed E-state index contributed by atoms with van der Waals surface area (Å²) < 4.78 is 1.15. The number of aryl methyl sites for hydroxylation is 2. The number of benzene rings is 1. The molecule has 0 fully saturated rings. The van der Waals surface area contributed by atoms with E-state index in [9.17, 15) is 0 Å². The minimum Gasteiger partial charge on any atom is -0.397 e. The van der Waals surface area contributed by atoms with Gasteiger partial charge in [0.25, 0.3) is 0 Å². The number of anilines is 2. The fourth-order valence-electron chi connectivity index (χ4n) is 2.02. The first-order valence-corrected chi connectivity index (χ1v) is 7.81. The highest BCUT2D eigenvalue weighted by molar-refractivity contribution is 7.18. The van der Waals surface area contributed by atoms with Crippen molar-refractivity contribution in [1.29, 1.82) is 0 Å². The minimum atomic E-state index is 0.782. The van der Waals surface area contributed by atoms with Crippen LogP contribution in [0, 0.1) is 13.8 Å². The summed E-state index contributed by atoms with van der Waals surface area (Å²) in [5, 5.41) is 8.80. The molecule has 3 aromatic rings. The quantitative estimate of drug-likeness (QED) is 0.712. The van der Waals surface area contributed by atoms with Crippen LogP contribution in [0.3, 0.4) is 0 Å². The van der Waals surface area contributed by atoms with Crippen LogP contribution >= 0.6 is 22.7 Å². The second-order valence-corrected chi connectivity index (χ2v) is 6.55. The second-order valence-electron chi connectivity index (χ2n) is 4.57. The molecular weight excluding hydrogens is 274 g/mol. The molecule has 3 nitrogen and oxygen atoms in total. The molecule has 0 aliphatic carbocycles. The molecule has 3 N–H and O–H groups in total. The summed E-state index contributed by atoms with van der Waals surface area (Å²) in [6.07, 6.45) is 0. The van der Waals surface area contributed by atoms with E-state index in [1.807, 2.05) is 19.1 Å². The molecule has 2 aromatic heterocycles. The smallest absolute Gasteiger partial charge is 0.0907 e. The van der Waals surface area contributed by atoms with Gasteiger partial charge in [-0.2, -0.15) is 11.3 Å². The average molecular weight is 289 g/mol. The predicted octanol–water partition coefficient (Wildman–Crippen LogP) is 4.17. The Balaban J connectivity index is 1.88. The summed E-state index contributed by atoms with van der Waals surface area (Å²) in [4.78, 5) is 4.50. The Hall–Kier alpha value is -1.59. The van der Waals surface area contributed by atoms with Crippen molar-refractivity contribution >= 4 is 44.3 Å². The highest BCUT2D eigenvalue weighted by atomic mass is 32.1. The summed E-state index contributed by atoms with van der Waals surface area (Å²) >= 11 is 3.41. The number of hydrogen-bond acceptors (Lipinski definition) is 5. The van der Waals surface area contributed by atoms with Gasteiger partial charge in [-0.25, -0.2) is 4.98 Å². The van der Waals surface area contributed by atoms with Crippen molar-refractivity contribution in [3.8, 4) is 0 Å². The number of nitrogen functional groups attached to an aromatic ring is 1. The molecular formula is C14H15N3S2. The third-order valence-electron chi connectivity index (χ3n) is 3.10. The number of rotatable bonds is 3. The fraction of sp³-hybridized carbons (Fsp3) is 0.214. The van der Waals surface area contributed by atoms with Crippen LogP contribution in [0.2, 0.25) is 0 Å². The first kappa shape index (κ1) is 12.4. The van der Waals surface area contributed by atoms with Gasteiger partial charge in [0, 0.05) is 6.54 Å². The Morgan fingerprint density at radius 3 is 2.84 bits per heavy atom. The summed E-state index contributed by atoms with van der Waals surface area (Å²) in [5.74, 6) is 0. The molecule has 98 valence electrons. The Labute approximate surface area is 120 Å². The highest BCUT2D eigenvalue weighted by Crippen LogP contribution is 2.30. The van der Waals surface area contributed by atoms with E-state index >= 15 is 0 Å². The third-order valence-corrected chi connectivity index (χ3v) is 4.94. The van der Waals surface area contributed by atoms with Gasteiger partial charge in [0.1, 0.15) is 0 Å². The number of nitrogens with one attached hydrogen (secondary N) is 1. The van der Waals surface area contributed by atoms with E-state index in [1.54, 1.807) is 22.7 Å². The van der Waals surface area contributed by atoms with E-state index in [0.717, 1.165) is 33.1 Å². The van der Waals surface area contributed by atoms with E-state index in [1.165, 1.54) is 11.1 Å². The van der Waals surface area contributed by atoms with Crippen LogP contribution < -0.4 is 11.1 Å². The number of fused-ring (bicyclic) bond motifs is 1. The monoisotopic (exact) mass is 289 g/mol. The largest absolute Gasteiger partial charge is 0.397 e. The van der Waals surface area contributed by atoms with Crippen molar-refractivity contribution in [2.24, 2.45) is 0 Å². The van der Waals surface area contributed by atoms with Crippen molar-refractivity contribution in [3.63, 3.8) is 0 Å². The molecule has 3 rings (SSSR count). The topological polar surface area (TPSA) is 50.9 Å². The van der Waals surface area contributed by atoms with Crippen LogP contribution in [0.5, 0.6) is 0 Å². The van der Waals surface area contributed by atoms with Crippen LogP contribution in [0.15, 0.2) is 22.9 Å². The Bertz CT molecular complexity index is 727. The van der Waals surface area contributed by atoms with Crippen LogP contribution in [-0.2, 0) is 6.54 Å². The van der Waals surface area contributed by atoms with E-state index in [0.29, 0.717) is 0 Å². The highest BCUT2D eigenvalue weighted by Gasteiger charge is 2.07. The van der Waals surface area contributed by atoms with Crippen molar-refractivity contribution in [2.75, 3.05) is 11.1 Å². The molecule has 0 aliphatic rings. The van der Waals surface area contributed by atoms with Gasteiger partial charge in [0.15, 0.2) is 0 Å². The molecule has 0 spiro atoms. The number of thiophene rings is 1. The maximum atomic E-state index is 6.09. The van der Waals surface area contributed by atoms with Crippen LogP contribution in [0.25, 0.3) is 10.2 Å². The van der Waals surface area contributed by atoms with Gasteiger partial charge in [0.05, 0.1) is 26.6 Å². The molecule has 0 aliphatic heterocycles. The molecule has 1 aromatic carbocycles. The van der Waals surface area contributed by atoms with Gasteiger partial charge < -0.3 is 11.1 Å². The third kappa shape index (κ3) is 2.43. The van der Waals surface area contributed by atoms with Gasteiger partial charge in [0.2, 0.25) is 0 Å². The summed E-state index contributed by atoms with van der Waals surface area (Å²) in [6, 6.07) is 4.04. The fourth-order valence-corrected chi connectivity index (χ4v) is 3.73. The lowest BCUT2D eigenvalue weighted by atomic mass is 10.2. The van der Waals surface area contributed by atoms with Gasteiger partial charge in [-0.1, -0.05) is 0 Å². The maximum Gasteiger partial charge on any atom is 0.0907 e. The van der Waals surface area contributed by atoms with Gasteiger partial charge >= 0.3 is 0 Å². The van der Waals surface area contributed by atoms with Crippen LogP contribution in [-0.4, -0.2) is 4.98 Å².